The molecule has 0 saturated heterocycles. The van der Waals surface area contributed by atoms with Crippen LogP contribution in [0.25, 0.3) is 0 Å². The van der Waals surface area contributed by atoms with Crippen molar-refractivity contribution in [3.05, 3.63) is 55.7 Å². The summed E-state index contributed by atoms with van der Waals surface area (Å²) in [6.45, 7) is 4.28. The van der Waals surface area contributed by atoms with Crippen LogP contribution in [0.1, 0.15) is 27.6 Å². The van der Waals surface area contributed by atoms with E-state index in [0.717, 1.165) is 6.42 Å². The number of likely N-dealkylation sites (N-methyl/N-ethyl adjacent to an activating group) is 1. The van der Waals surface area contributed by atoms with Crippen molar-refractivity contribution < 1.29 is 0 Å². The highest BCUT2D eigenvalue weighted by Gasteiger charge is 2.14. The van der Waals surface area contributed by atoms with E-state index in [4.69, 9.17) is 0 Å². The van der Waals surface area contributed by atoms with Gasteiger partial charge in [-0.2, -0.15) is 0 Å². The molecule has 0 aliphatic rings. The van der Waals surface area contributed by atoms with Crippen LogP contribution in [0.15, 0.2) is 34.1 Å². The summed E-state index contributed by atoms with van der Waals surface area (Å²) in [5.74, 6) is 0. The molecule has 3 heteroatoms. The van der Waals surface area contributed by atoms with Gasteiger partial charge in [-0.1, -0.05) is 29.8 Å². The van der Waals surface area contributed by atoms with E-state index in [2.05, 4.69) is 65.4 Å². The molecule has 0 aliphatic carbocycles. The standard InChI is InChI=1S/C15H18BrNS/c1-10-5-4-6-12(7-10)9-13(17-3)14-8-11(2)15(16)18-14/h4-8,13,17H,9H2,1-3H3. The maximum atomic E-state index is 3.60. The number of benzene rings is 1. The van der Waals surface area contributed by atoms with Crippen molar-refractivity contribution in [3.8, 4) is 0 Å². The van der Waals surface area contributed by atoms with Crippen molar-refractivity contribution in [2.75, 3.05) is 7.05 Å². The van der Waals surface area contributed by atoms with Gasteiger partial charge in [-0.3, -0.25) is 0 Å². The van der Waals surface area contributed by atoms with Gasteiger partial charge in [0.25, 0.3) is 0 Å². The van der Waals surface area contributed by atoms with E-state index in [9.17, 15) is 0 Å². The van der Waals surface area contributed by atoms with Crippen molar-refractivity contribution in [1.29, 1.82) is 0 Å². The second-order valence-electron chi connectivity index (χ2n) is 4.64. The predicted octanol–water partition coefficient (Wildman–Crippen LogP) is 4.63. The molecule has 1 N–H and O–H groups in total. The highest BCUT2D eigenvalue weighted by Crippen LogP contribution is 2.32. The molecular weight excluding hydrogens is 306 g/mol. The third kappa shape index (κ3) is 3.22. The van der Waals surface area contributed by atoms with Crippen molar-refractivity contribution in [3.63, 3.8) is 0 Å². The molecule has 1 atom stereocenters. The minimum Gasteiger partial charge on any atom is -0.312 e. The predicted molar refractivity (Wildman–Crippen MR) is 83.4 cm³/mol. The Kier molecular flexibility index (Phi) is 4.60. The van der Waals surface area contributed by atoms with E-state index in [1.807, 2.05) is 18.4 Å². The second-order valence-corrected chi connectivity index (χ2v) is 7.04. The monoisotopic (exact) mass is 323 g/mol. The summed E-state index contributed by atoms with van der Waals surface area (Å²) >= 11 is 5.43. The molecule has 0 amide bonds. The number of nitrogens with one attached hydrogen (secondary N) is 1. The van der Waals surface area contributed by atoms with Crippen LogP contribution in [0, 0.1) is 13.8 Å². The summed E-state index contributed by atoms with van der Waals surface area (Å²) in [6.07, 6.45) is 1.03. The van der Waals surface area contributed by atoms with E-state index in [-0.39, 0.29) is 0 Å². The molecule has 1 nitrogen and oxygen atoms in total. The van der Waals surface area contributed by atoms with E-state index in [0.29, 0.717) is 6.04 Å². The van der Waals surface area contributed by atoms with Gasteiger partial charge >= 0.3 is 0 Å². The lowest BCUT2D eigenvalue weighted by Gasteiger charge is -2.14. The SMILES string of the molecule is CNC(Cc1cccc(C)c1)c1cc(C)c(Br)s1. The lowest BCUT2D eigenvalue weighted by atomic mass is 10.0. The molecule has 96 valence electrons. The lowest BCUT2D eigenvalue weighted by molar-refractivity contribution is 0.602. The molecule has 0 bridgehead atoms. The molecule has 0 spiro atoms. The van der Waals surface area contributed by atoms with Crippen molar-refractivity contribution in [2.45, 2.75) is 26.3 Å². The summed E-state index contributed by atoms with van der Waals surface area (Å²) in [5, 5.41) is 3.42. The smallest absolute Gasteiger partial charge is 0.0731 e. The van der Waals surface area contributed by atoms with Gasteiger partial charge in [0.05, 0.1) is 3.79 Å². The third-order valence-corrected chi connectivity index (χ3v) is 5.34. The Morgan fingerprint density at radius 2 is 2.06 bits per heavy atom. The first kappa shape index (κ1) is 13.8. The minimum atomic E-state index is 0.391. The van der Waals surface area contributed by atoms with Crippen LogP contribution < -0.4 is 5.32 Å². The fourth-order valence-electron chi connectivity index (χ4n) is 2.08. The van der Waals surface area contributed by atoms with Gasteiger partial charge in [-0.15, -0.1) is 11.3 Å². The average Bonchev–Trinajstić information content (AvgIpc) is 2.66. The van der Waals surface area contributed by atoms with Crippen LogP contribution in [0.3, 0.4) is 0 Å². The van der Waals surface area contributed by atoms with Gasteiger partial charge in [-0.25, -0.2) is 0 Å². The molecule has 0 saturated carbocycles. The summed E-state index contributed by atoms with van der Waals surface area (Å²) < 4.78 is 1.24. The van der Waals surface area contributed by atoms with Gasteiger partial charge in [-0.05, 0) is 60.4 Å². The Morgan fingerprint density at radius 3 is 2.61 bits per heavy atom. The molecule has 0 aliphatic heterocycles. The largest absolute Gasteiger partial charge is 0.312 e. The summed E-state index contributed by atoms with van der Waals surface area (Å²) in [4.78, 5) is 1.39. The average molecular weight is 324 g/mol. The van der Waals surface area contributed by atoms with Crippen LogP contribution in [-0.4, -0.2) is 7.05 Å². The summed E-state index contributed by atoms with van der Waals surface area (Å²) in [6, 6.07) is 11.4. The van der Waals surface area contributed by atoms with Crippen LogP contribution in [0.4, 0.5) is 0 Å². The van der Waals surface area contributed by atoms with E-state index >= 15 is 0 Å². The number of aryl methyl sites for hydroxylation is 2. The molecule has 1 unspecified atom stereocenters. The number of rotatable bonds is 4. The zero-order valence-corrected chi connectivity index (χ0v) is 13.4. The maximum absolute atomic E-state index is 3.60. The zero-order valence-electron chi connectivity index (χ0n) is 11.0. The first-order chi connectivity index (χ1) is 8.60. The van der Waals surface area contributed by atoms with Crippen molar-refractivity contribution >= 4 is 27.3 Å². The number of hydrogen-bond acceptors (Lipinski definition) is 2. The van der Waals surface area contributed by atoms with Crippen molar-refractivity contribution in [1.82, 2.24) is 5.32 Å². The second kappa shape index (κ2) is 6.00. The van der Waals surface area contributed by atoms with E-state index in [1.165, 1.54) is 25.4 Å². The number of hydrogen-bond donors (Lipinski definition) is 1. The van der Waals surface area contributed by atoms with Gasteiger partial charge in [0, 0.05) is 10.9 Å². The van der Waals surface area contributed by atoms with Gasteiger partial charge < -0.3 is 5.32 Å². The molecule has 0 fully saturated rings. The Balaban J connectivity index is 2.19. The summed E-state index contributed by atoms with van der Waals surface area (Å²) in [7, 11) is 2.03. The molecule has 2 aromatic rings. The van der Waals surface area contributed by atoms with Crippen LogP contribution >= 0.6 is 27.3 Å². The lowest BCUT2D eigenvalue weighted by Crippen LogP contribution is -2.17. The van der Waals surface area contributed by atoms with Crippen LogP contribution in [-0.2, 0) is 6.42 Å². The van der Waals surface area contributed by atoms with E-state index in [1.54, 1.807) is 0 Å². The first-order valence-electron chi connectivity index (χ1n) is 6.09. The highest BCUT2D eigenvalue weighted by atomic mass is 79.9. The Labute approximate surface area is 121 Å². The molecule has 2 rings (SSSR count). The summed E-state index contributed by atoms with van der Waals surface area (Å²) in [5.41, 5.74) is 4.03. The maximum Gasteiger partial charge on any atom is 0.0731 e. The number of thiophene rings is 1. The molecule has 18 heavy (non-hydrogen) atoms. The highest BCUT2D eigenvalue weighted by molar-refractivity contribution is 9.11. The normalized spacial score (nSPS) is 12.7. The van der Waals surface area contributed by atoms with Gasteiger partial charge in [0.1, 0.15) is 0 Å². The zero-order chi connectivity index (χ0) is 13.1. The molecular formula is C15H18BrNS. The fourth-order valence-corrected chi connectivity index (χ4v) is 3.76. The fraction of sp³-hybridized carbons (Fsp3) is 0.333. The van der Waals surface area contributed by atoms with Gasteiger partial charge in [0.15, 0.2) is 0 Å². The quantitative estimate of drug-likeness (QED) is 0.864. The van der Waals surface area contributed by atoms with E-state index < -0.39 is 0 Å². The van der Waals surface area contributed by atoms with Gasteiger partial charge in [0.2, 0.25) is 0 Å². The van der Waals surface area contributed by atoms with Crippen LogP contribution in [0.2, 0.25) is 0 Å². The Morgan fingerprint density at radius 1 is 1.28 bits per heavy atom. The van der Waals surface area contributed by atoms with Crippen molar-refractivity contribution in [2.24, 2.45) is 0 Å². The third-order valence-electron chi connectivity index (χ3n) is 3.09. The molecule has 0 radical (unpaired) electrons. The minimum absolute atomic E-state index is 0.391. The van der Waals surface area contributed by atoms with Crippen LogP contribution in [0.5, 0.6) is 0 Å². The molecule has 1 heterocycles. The first-order valence-corrected chi connectivity index (χ1v) is 7.69. The Hall–Kier alpha value is -0.640. The topological polar surface area (TPSA) is 12.0 Å². The number of halogens is 1. The molecule has 1 aromatic heterocycles. The molecule has 1 aromatic carbocycles. The Bertz CT molecular complexity index is 514.